The van der Waals surface area contributed by atoms with Gasteiger partial charge < -0.3 is 15.0 Å². The van der Waals surface area contributed by atoms with Crippen molar-refractivity contribution < 1.29 is 9.53 Å². The van der Waals surface area contributed by atoms with Gasteiger partial charge in [0.2, 0.25) is 0 Å². The zero-order valence-corrected chi connectivity index (χ0v) is 12.9. The molecule has 0 aromatic heterocycles. The van der Waals surface area contributed by atoms with Gasteiger partial charge in [0.15, 0.2) is 5.96 Å². The highest BCUT2D eigenvalue weighted by atomic mass is 16.5. The molecule has 20 heavy (non-hydrogen) atoms. The van der Waals surface area contributed by atoms with E-state index >= 15 is 0 Å². The Kier molecular flexibility index (Phi) is 7.77. The van der Waals surface area contributed by atoms with E-state index in [1.54, 1.807) is 7.05 Å². The van der Waals surface area contributed by atoms with Crippen LogP contribution in [-0.2, 0) is 9.53 Å². The molecule has 1 fully saturated rings. The molecule has 0 radical (unpaired) electrons. The predicted octanol–water partition coefficient (Wildman–Crippen LogP) is 1.80. The fraction of sp³-hybridized carbons (Fsp3) is 0.733. The smallest absolute Gasteiger partial charge is 0.310 e. The number of hydrogen-bond donors (Lipinski definition) is 1. The number of nitrogens with zero attached hydrogens (tertiary/aromatic N) is 2. The fourth-order valence-corrected chi connectivity index (χ4v) is 2.39. The number of carbonyl (C=O) groups excluding carboxylic acids is 1. The Labute approximate surface area is 122 Å². The minimum Gasteiger partial charge on any atom is -0.466 e. The summed E-state index contributed by atoms with van der Waals surface area (Å²) in [5.41, 5.74) is 0. The normalized spacial score (nSPS) is 20.2. The summed E-state index contributed by atoms with van der Waals surface area (Å²) in [4.78, 5) is 18.3. The van der Waals surface area contributed by atoms with Crippen molar-refractivity contribution in [3.63, 3.8) is 0 Å². The number of likely N-dealkylation sites (tertiary alicyclic amines) is 1. The van der Waals surface area contributed by atoms with Gasteiger partial charge in [0.05, 0.1) is 12.5 Å². The van der Waals surface area contributed by atoms with E-state index in [1.165, 1.54) is 0 Å². The molecule has 1 heterocycles. The van der Waals surface area contributed by atoms with Crippen LogP contribution in [0.5, 0.6) is 0 Å². The van der Waals surface area contributed by atoms with Crippen molar-refractivity contribution in [2.75, 3.05) is 33.3 Å². The summed E-state index contributed by atoms with van der Waals surface area (Å²) in [5, 5.41) is 3.34. The molecule has 1 rings (SSSR count). The molecule has 1 N–H and O–H groups in total. The highest BCUT2D eigenvalue weighted by molar-refractivity contribution is 5.81. The molecule has 0 spiro atoms. The molecule has 1 aliphatic heterocycles. The summed E-state index contributed by atoms with van der Waals surface area (Å²) in [7, 11) is 1.78. The summed E-state index contributed by atoms with van der Waals surface area (Å²) in [5.74, 6) is 0.767. The Balaban J connectivity index is 2.49. The lowest BCUT2D eigenvalue weighted by Crippen LogP contribution is -2.48. The first kappa shape index (κ1) is 16.5. The first-order valence-electron chi connectivity index (χ1n) is 7.46. The van der Waals surface area contributed by atoms with Crippen molar-refractivity contribution in [1.82, 2.24) is 10.2 Å². The number of carbonyl (C=O) groups is 1. The Morgan fingerprint density at radius 1 is 1.55 bits per heavy atom. The summed E-state index contributed by atoms with van der Waals surface area (Å²) in [6.07, 6.45) is 7.05. The number of esters is 1. The van der Waals surface area contributed by atoms with Crippen molar-refractivity contribution in [3.8, 4) is 0 Å². The average Bonchev–Trinajstić information content (AvgIpc) is 2.48. The van der Waals surface area contributed by atoms with Crippen molar-refractivity contribution in [2.24, 2.45) is 10.9 Å². The minimum absolute atomic E-state index is 0.0298. The quantitative estimate of drug-likeness (QED) is 0.274. The third kappa shape index (κ3) is 5.23. The zero-order chi connectivity index (χ0) is 14.8. The number of guanidine groups is 1. The molecule has 0 bridgehead atoms. The second kappa shape index (κ2) is 9.39. The highest BCUT2D eigenvalue weighted by Gasteiger charge is 2.28. The van der Waals surface area contributed by atoms with Gasteiger partial charge in [-0.2, -0.15) is 0 Å². The molecular formula is C15H27N3O2. The summed E-state index contributed by atoms with van der Waals surface area (Å²) in [6, 6.07) is 0. The number of rotatable bonds is 5. The number of piperidine rings is 1. The van der Waals surface area contributed by atoms with Crippen LogP contribution in [-0.4, -0.2) is 50.1 Å². The van der Waals surface area contributed by atoms with Crippen LogP contribution in [0.1, 0.15) is 33.1 Å². The lowest BCUT2D eigenvalue weighted by molar-refractivity contribution is -0.149. The Morgan fingerprint density at radius 3 is 3.00 bits per heavy atom. The molecule has 0 saturated carbocycles. The molecule has 114 valence electrons. The third-order valence-electron chi connectivity index (χ3n) is 3.38. The minimum atomic E-state index is -0.0819. The lowest BCUT2D eigenvalue weighted by Gasteiger charge is -2.33. The molecule has 1 aliphatic rings. The second-order valence-electron chi connectivity index (χ2n) is 4.87. The first-order chi connectivity index (χ1) is 9.72. The summed E-state index contributed by atoms with van der Waals surface area (Å²) >= 11 is 0. The van der Waals surface area contributed by atoms with Crippen LogP contribution in [0, 0.1) is 5.92 Å². The largest absolute Gasteiger partial charge is 0.466 e. The molecule has 0 amide bonds. The SMILES string of the molecule is CC=CCCNC(=NC)N1CCCC(C(=O)OCC)C1. The van der Waals surface area contributed by atoms with Gasteiger partial charge in [0.25, 0.3) is 0 Å². The van der Waals surface area contributed by atoms with Crippen LogP contribution in [0.4, 0.5) is 0 Å². The van der Waals surface area contributed by atoms with Gasteiger partial charge in [-0.05, 0) is 33.1 Å². The van der Waals surface area contributed by atoms with Crippen LogP contribution < -0.4 is 5.32 Å². The van der Waals surface area contributed by atoms with E-state index < -0.39 is 0 Å². The lowest BCUT2D eigenvalue weighted by atomic mass is 9.98. The highest BCUT2D eigenvalue weighted by Crippen LogP contribution is 2.17. The molecule has 1 atom stereocenters. The van der Waals surface area contributed by atoms with Crippen LogP contribution in [0.3, 0.4) is 0 Å². The van der Waals surface area contributed by atoms with Crippen molar-refractivity contribution >= 4 is 11.9 Å². The van der Waals surface area contributed by atoms with Crippen LogP contribution in [0.25, 0.3) is 0 Å². The number of nitrogens with one attached hydrogen (secondary N) is 1. The Hall–Kier alpha value is -1.52. The van der Waals surface area contributed by atoms with E-state index in [4.69, 9.17) is 4.74 Å². The number of aliphatic imine (C=N–C) groups is 1. The average molecular weight is 281 g/mol. The monoisotopic (exact) mass is 281 g/mol. The molecule has 0 aromatic carbocycles. The van der Waals surface area contributed by atoms with E-state index in [0.29, 0.717) is 13.2 Å². The maximum Gasteiger partial charge on any atom is 0.310 e. The second-order valence-corrected chi connectivity index (χ2v) is 4.87. The molecular weight excluding hydrogens is 254 g/mol. The van der Waals surface area contributed by atoms with Gasteiger partial charge >= 0.3 is 5.97 Å². The number of hydrogen-bond acceptors (Lipinski definition) is 3. The van der Waals surface area contributed by atoms with Gasteiger partial charge in [-0.1, -0.05) is 12.2 Å². The molecule has 5 heteroatoms. The molecule has 5 nitrogen and oxygen atoms in total. The predicted molar refractivity (Wildman–Crippen MR) is 81.7 cm³/mol. The molecule has 1 saturated heterocycles. The summed E-state index contributed by atoms with van der Waals surface area (Å²) < 4.78 is 5.12. The van der Waals surface area contributed by atoms with E-state index in [0.717, 1.165) is 38.3 Å². The maximum atomic E-state index is 11.8. The Morgan fingerprint density at radius 2 is 2.35 bits per heavy atom. The van der Waals surface area contributed by atoms with Crippen LogP contribution in [0.15, 0.2) is 17.1 Å². The topological polar surface area (TPSA) is 53.9 Å². The van der Waals surface area contributed by atoms with Crippen LogP contribution >= 0.6 is 0 Å². The molecule has 1 unspecified atom stereocenters. The number of allylic oxidation sites excluding steroid dienone is 1. The molecule has 0 aromatic rings. The molecule has 0 aliphatic carbocycles. The van der Waals surface area contributed by atoms with Crippen molar-refractivity contribution in [2.45, 2.75) is 33.1 Å². The standard InChI is InChI=1S/C15H27N3O2/c1-4-6-7-10-17-15(16-3)18-11-8-9-13(12-18)14(19)20-5-2/h4,6,13H,5,7-12H2,1-3H3,(H,16,17). The van der Waals surface area contributed by atoms with E-state index in [1.807, 2.05) is 19.9 Å². The third-order valence-corrected chi connectivity index (χ3v) is 3.38. The Bertz CT molecular complexity index is 353. The van der Waals surface area contributed by atoms with E-state index in [-0.39, 0.29) is 11.9 Å². The van der Waals surface area contributed by atoms with E-state index in [2.05, 4.69) is 21.3 Å². The van der Waals surface area contributed by atoms with Gasteiger partial charge in [0, 0.05) is 26.7 Å². The van der Waals surface area contributed by atoms with Gasteiger partial charge in [-0.25, -0.2) is 0 Å². The van der Waals surface area contributed by atoms with Crippen molar-refractivity contribution in [3.05, 3.63) is 12.2 Å². The van der Waals surface area contributed by atoms with Gasteiger partial charge in [-0.15, -0.1) is 0 Å². The van der Waals surface area contributed by atoms with E-state index in [9.17, 15) is 4.79 Å². The van der Waals surface area contributed by atoms with Crippen LogP contribution in [0.2, 0.25) is 0 Å². The van der Waals surface area contributed by atoms with Gasteiger partial charge in [-0.3, -0.25) is 9.79 Å². The first-order valence-corrected chi connectivity index (χ1v) is 7.46. The van der Waals surface area contributed by atoms with Gasteiger partial charge in [0.1, 0.15) is 0 Å². The van der Waals surface area contributed by atoms with Crippen molar-refractivity contribution in [1.29, 1.82) is 0 Å². The zero-order valence-electron chi connectivity index (χ0n) is 12.9. The maximum absolute atomic E-state index is 11.8. The fourth-order valence-electron chi connectivity index (χ4n) is 2.39. The number of ether oxygens (including phenoxy) is 1. The summed E-state index contributed by atoms with van der Waals surface area (Å²) in [6.45, 7) is 6.81.